The monoisotopic (exact) mass is 174 g/mol. The average Bonchev–Trinajstić information content (AvgIpc) is 2.17. The topological polar surface area (TPSA) is 27.1 Å². The highest BCUT2D eigenvalue weighted by Crippen LogP contribution is 2.14. The highest BCUT2D eigenvalue weighted by Gasteiger charge is 2.04. The van der Waals surface area contributed by atoms with E-state index in [2.05, 4.69) is 6.58 Å². The Morgan fingerprint density at radius 2 is 1.85 bits per heavy atom. The van der Waals surface area contributed by atoms with Crippen LogP contribution in [0.3, 0.4) is 0 Å². The number of rotatable bonds is 2. The molecule has 0 saturated carbocycles. The lowest BCUT2D eigenvalue weighted by Crippen LogP contribution is -2.20. The fraction of sp³-hybridized carbons (Fsp3) is 0.182. The van der Waals surface area contributed by atoms with Crippen LogP contribution in [0.15, 0.2) is 36.9 Å². The second kappa shape index (κ2) is 3.90. The van der Waals surface area contributed by atoms with Crippen molar-refractivity contribution in [3.63, 3.8) is 0 Å². The van der Waals surface area contributed by atoms with Gasteiger partial charge in [0, 0.05) is 12.7 Å². The lowest BCUT2D eigenvalue weighted by Gasteiger charge is -2.19. The Hall–Kier alpha value is -1.57. The van der Waals surface area contributed by atoms with Gasteiger partial charge in [-0.15, -0.1) is 0 Å². The molecule has 0 aliphatic heterocycles. The minimum absolute atomic E-state index is 0.494. The van der Waals surface area contributed by atoms with Gasteiger partial charge in [-0.1, -0.05) is 36.9 Å². The third-order valence-corrected chi connectivity index (χ3v) is 2.02. The molecular weight excluding hydrogens is 160 g/mol. The average molecular weight is 174 g/mol. The van der Waals surface area contributed by atoms with Crippen LogP contribution in [0.2, 0.25) is 0 Å². The Balaban J connectivity index is 2.86. The van der Waals surface area contributed by atoms with Crippen LogP contribution in [0, 0.1) is 5.41 Å². The molecule has 0 bridgehead atoms. The Kier molecular flexibility index (Phi) is 2.85. The lowest BCUT2D eigenvalue weighted by atomic mass is 10.1. The quantitative estimate of drug-likeness (QED) is 0.541. The molecule has 0 unspecified atom stereocenters. The first kappa shape index (κ1) is 9.52. The molecule has 68 valence electrons. The maximum atomic E-state index is 7.45. The molecule has 0 amide bonds. The molecule has 0 saturated heterocycles. The van der Waals surface area contributed by atoms with Crippen molar-refractivity contribution >= 4 is 11.5 Å². The van der Waals surface area contributed by atoms with Crippen LogP contribution in [-0.4, -0.2) is 17.8 Å². The summed E-state index contributed by atoms with van der Waals surface area (Å²) in [6.45, 7) is 5.68. The van der Waals surface area contributed by atoms with E-state index in [0.717, 1.165) is 11.3 Å². The molecular formula is C11H14N2. The molecule has 1 aromatic carbocycles. The summed E-state index contributed by atoms with van der Waals surface area (Å²) >= 11 is 0. The molecule has 0 heterocycles. The highest BCUT2D eigenvalue weighted by atomic mass is 15.1. The number of benzene rings is 1. The maximum absolute atomic E-state index is 7.45. The SMILES string of the molecule is C=C(c1ccccc1)N(C)C(C)=N. The van der Waals surface area contributed by atoms with Crippen LogP contribution in [0.5, 0.6) is 0 Å². The zero-order valence-electron chi connectivity index (χ0n) is 8.04. The minimum Gasteiger partial charge on any atom is -0.334 e. The van der Waals surface area contributed by atoms with E-state index in [1.54, 1.807) is 11.8 Å². The summed E-state index contributed by atoms with van der Waals surface area (Å²) in [6.07, 6.45) is 0. The first-order valence-electron chi connectivity index (χ1n) is 4.16. The van der Waals surface area contributed by atoms with E-state index in [4.69, 9.17) is 5.41 Å². The maximum Gasteiger partial charge on any atom is 0.0967 e. The first-order chi connectivity index (χ1) is 6.13. The third kappa shape index (κ3) is 2.18. The summed E-state index contributed by atoms with van der Waals surface area (Å²) in [6, 6.07) is 9.87. The van der Waals surface area contributed by atoms with Crippen LogP contribution in [0.1, 0.15) is 12.5 Å². The number of hydrogen-bond donors (Lipinski definition) is 1. The summed E-state index contributed by atoms with van der Waals surface area (Å²) in [7, 11) is 1.84. The molecule has 2 heteroatoms. The van der Waals surface area contributed by atoms with E-state index in [0.29, 0.717) is 5.84 Å². The molecule has 0 aromatic heterocycles. The fourth-order valence-corrected chi connectivity index (χ4v) is 1.03. The van der Waals surface area contributed by atoms with Crippen LogP contribution in [0.25, 0.3) is 5.70 Å². The van der Waals surface area contributed by atoms with Crippen LogP contribution >= 0.6 is 0 Å². The van der Waals surface area contributed by atoms with Gasteiger partial charge in [-0.25, -0.2) is 0 Å². The van der Waals surface area contributed by atoms with E-state index in [1.165, 1.54) is 0 Å². The van der Waals surface area contributed by atoms with Crippen molar-refractivity contribution in [3.8, 4) is 0 Å². The van der Waals surface area contributed by atoms with E-state index >= 15 is 0 Å². The molecule has 0 aliphatic carbocycles. The van der Waals surface area contributed by atoms with Gasteiger partial charge in [0.05, 0.1) is 5.84 Å². The zero-order valence-corrected chi connectivity index (χ0v) is 8.04. The predicted octanol–water partition coefficient (Wildman–Crippen LogP) is 2.59. The van der Waals surface area contributed by atoms with Gasteiger partial charge < -0.3 is 4.90 Å². The van der Waals surface area contributed by atoms with E-state index < -0.39 is 0 Å². The third-order valence-electron chi connectivity index (χ3n) is 2.02. The van der Waals surface area contributed by atoms with Crippen LogP contribution in [0.4, 0.5) is 0 Å². The first-order valence-corrected chi connectivity index (χ1v) is 4.16. The van der Waals surface area contributed by atoms with Gasteiger partial charge in [-0.3, -0.25) is 5.41 Å². The standard InChI is InChI=1S/C11H14N2/c1-9(13(3)10(2)12)11-7-5-4-6-8-11/h4-8,12H,1H2,2-3H3. The summed E-state index contributed by atoms with van der Waals surface area (Å²) in [4.78, 5) is 1.76. The fourth-order valence-electron chi connectivity index (χ4n) is 1.03. The molecule has 1 aromatic rings. The molecule has 0 spiro atoms. The molecule has 0 aliphatic rings. The van der Waals surface area contributed by atoms with Crippen LogP contribution in [-0.2, 0) is 0 Å². The van der Waals surface area contributed by atoms with Crippen molar-refractivity contribution < 1.29 is 0 Å². The molecule has 13 heavy (non-hydrogen) atoms. The van der Waals surface area contributed by atoms with Gasteiger partial charge >= 0.3 is 0 Å². The number of nitrogens with one attached hydrogen (secondary N) is 1. The van der Waals surface area contributed by atoms with Crippen molar-refractivity contribution in [2.45, 2.75) is 6.92 Å². The summed E-state index contributed by atoms with van der Waals surface area (Å²) < 4.78 is 0. The van der Waals surface area contributed by atoms with Crippen molar-refractivity contribution in [2.24, 2.45) is 0 Å². The summed E-state index contributed by atoms with van der Waals surface area (Å²) in [5.41, 5.74) is 1.91. The Labute approximate surface area is 79.0 Å². The van der Waals surface area contributed by atoms with Crippen molar-refractivity contribution in [1.29, 1.82) is 5.41 Å². The Bertz CT molecular complexity index is 314. The van der Waals surface area contributed by atoms with Crippen LogP contribution < -0.4 is 0 Å². The molecule has 0 fully saturated rings. The van der Waals surface area contributed by atoms with Gasteiger partial charge in [-0.2, -0.15) is 0 Å². The largest absolute Gasteiger partial charge is 0.334 e. The summed E-state index contributed by atoms with van der Waals surface area (Å²) in [5, 5.41) is 7.45. The molecule has 0 atom stereocenters. The molecule has 0 radical (unpaired) electrons. The van der Waals surface area contributed by atoms with E-state index in [9.17, 15) is 0 Å². The van der Waals surface area contributed by atoms with Gasteiger partial charge in [0.15, 0.2) is 0 Å². The zero-order chi connectivity index (χ0) is 9.84. The van der Waals surface area contributed by atoms with E-state index in [1.807, 2.05) is 37.4 Å². The predicted molar refractivity (Wildman–Crippen MR) is 56.6 cm³/mol. The second-order valence-corrected chi connectivity index (χ2v) is 2.96. The van der Waals surface area contributed by atoms with Gasteiger partial charge in [-0.05, 0) is 12.5 Å². The van der Waals surface area contributed by atoms with E-state index in [-0.39, 0.29) is 0 Å². The summed E-state index contributed by atoms with van der Waals surface area (Å²) in [5.74, 6) is 0.494. The lowest BCUT2D eigenvalue weighted by molar-refractivity contribution is 0.708. The Morgan fingerprint density at radius 3 is 2.31 bits per heavy atom. The number of amidine groups is 1. The van der Waals surface area contributed by atoms with Gasteiger partial charge in [0.2, 0.25) is 0 Å². The Morgan fingerprint density at radius 1 is 1.31 bits per heavy atom. The van der Waals surface area contributed by atoms with Crippen molar-refractivity contribution in [3.05, 3.63) is 42.5 Å². The molecule has 1 N–H and O–H groups in total. The van der Waals surface area contributed by atoms with Gasteiger partial charge in [0.25, 0.3) is 0 Å². The van der Waals surface area contributed by atoms with Gasteiger partial charge in [0.1, 0.15) is 0 Å². The number of hydrogen-bond acceptors (Lipinski definition) is 1. The molecule has 1 rings (SSSR count). The van der Waals surface area contributed by atoms with Crippen molar-refractivity contribution in [2.75, 3.05) is 7.05 Å². The second-order valence-electron chi connectivity index (χ2n) is 2.96. The normalized spacial score (nSPS) is 9.38. The van der Waals surface area contributed by atoms with Crippen molar-refractivity contribution in [1.82, 2.24) is 4.90 Å². The molecule has 2 nitrogen and oxygen atoms in total. The highest BCUT2D eigenvalue weighted by molar-refractivity contribution is 5.86. The minimum atomic E-state index is 0.494. The smallest absolute Gasteiger partial charge is 0.0967 e. The number of nitrogens with zero attached hydrogens (tertiary/aromatic N) is 1.